The lowest BCUT2D eigenvalue weighted by molar-refractivity contribution is 0.00263. The Bertz CT molecular complexity index is 239. The molecular weight excluding hydrogens is 210 g/mol. The lowest BCUT2D eigenvalue weighted by Gasteiger charge is -2.25. The fourth-order valence-corrected chi connectivity index (χ4v) is 1.08. The highest BCUT2D eigenvalue weighted by Gasteiger charge is 2.24. The van der Waals surface area contributed by atoms with Crippen molar-refractivity contribution in [3.8, 4) is 0 Å². The van der Waals surface area contributed by atoms with E-state index in [1.54, 1.807) is 6.92 Å². The predicted molar refractivity (Wildman–Crippen MR) is 62.4 cm³/mol. The summed E-state index contributed by atoms with van der Waals surface area (Å²) in [5, 5.41) is 32.9. The Morgan fingerprint density at radius 1 is 1.38 bits per heavy atom. The molecular formula is C10H23N3O3. The molecule has 6 N–H and O–H groups in total. The van der Waals surface area contributed by atoms with Gasteiger partial charge in [-0.05, 0) is 19.9 Å². The minimum atomic E-state index is -1.11. The van der Waals surface area contributed by atoms with Crippen LogP contribution in [0.3, 0.4) is 0 Å². The van der Waals surface area contributed by atoms with E-state index in [0.717, 1.165) is 0 Å². The Morgan fingerprint density at radius 2 is 1.94 bits per heavy atom. The number of aliphatic hydroxyl groups is 2. The van der Waals surface area contributed by atoms with Crippen molar-refractivity contribution in [2.45, 2.75) is 32.8 Å². The summed E-state index contributed by atoms with van der Waals surface area (Å²) in [5.74, 6) is 0.184. The second-order valence-corrected chi connectivity index (χ2v) is 4.95. The highest BCUT2D eigenvalue weighted by Crippen LogP contribution is 2.19. The fraction of sp³-hybridized carbons (Fsp3) is 0.900. The van der Waals surface area contributed by atoms with Gasteiger partial charge >= 0.3 is 0 Å². The number of oxime groups is 1. The number of nitrogens with one attached hydrogen (secondary N) is 1. The van der Waals surface area contributed by atoms with E-state index in [1.807, 2.05) is 13.8 Å². The molecule has 0 aliphatic heterocycles. The first-order valence-electron chi connectivity index (χ1n) is 5.27. The van der Waals surface area contributed by atoms with Crippen molar-refractivity contribution in [1.29, 1.82) is 0 Å². The van der Waals surface area contributed by atoms with Crippen LogP contribution >= 0.6 is 0 Å². The van der Waals surface area contributed by atoms with Crippen molar-refractivity contribution in [1.82, 2.24) is 5.32 Å². The van der Waals surface area contributed by atoms with E-state index >= 15 is 0 Å². The molecule has 0 aliphatic carbocycles. The Morgan fingerprint density at radius 3 is 2.38 bits per heavy atom. The number of hydrogen-bond acceptors (Lipinski definition) is 5. The lowest BCUT2D eigenvalue weighted by atomic mass is 9.88. The minimum absolute atomic E-state index is 0.184. The summed E-state index contributed by atoms with van der Waals surface area (Å²) < 4.78 is 0. The van der Waals surface area contributed by atoms with Crippen molar-refractivity contribution < 1.29 is 15.4 Å². The number of hydrogen-bond donors (Lipinski definition) is 5. The summed E-state index contributed by atoms with van der Waals surface area (Å²) in [5.41, 5.74) is 4.02. The summed E-state index contributed by atoms with van der Waals surface area (Å²) in [7, 11) is 0. The van der Waals surface area contributed by atoms with E-state index in [2.05, 4.69) is 10.5 Å². The van der Waals surface area contributed by atoms with Gasteiger partial charge in [-0.2, -0.15) is 0 Å². The van der Waals surface area contributed by atoms with Gasteiger partial charge in [0.25, 0.3) is 0 Å². The molecule has 0 amide bonds. The molecule has 0 saturated carbocycles. The molecule has 16 heavy (non-hydrogen) atoms. The third-order valence-electron chi connectivity index (χ3n) is 2.57. The van der Waals surface area contributed by atoms with Gasteiger partial charge in [-0.3, -0.25) is 0 Å². The number of nitrogens with zero attached hydrogens (tertiary/aromatic N) is 1. The lowest BCUT2D eigenvalue weighted by Crippen LogP contribution is -2.42. The van der Waals surface area contributed by atoms with Crippen LogP contribution < -0.4 is 11.1 Å². The van der Waals surface area contributed by atoms with Crippen LogP contribution in [-0.4, -0.2) is 46.6 Å². The molecule has 0 aromatic heterocycles. The van der Waals surface area contributed by atoms with Crippen molar-refractivity contribution >= 4 is 5.84 Å². The smallest absolute Gasteiger partial charge is 0.144 e. The SMILES string of the molecule is CC(O)(CO)CNCCC(C)(C)C(N)=NO. The first-order valence-corrected chi connectivity index (χ1v) is 5.27. The third kappa shape index (κ3) is 5.29. The normalized spacial score (nSPS) is 17.2. The average molecular weight is 233 g/mol. The second kappa shape index (κ2) is 6.03. The van der Waals surface area contributed by atoms with E-state index in [-0.39, 0.29) is 12.4 Å². The molecule has 96 valence electrons. The molecule has 0 saturated heterocycles. The van der Waals surface area contributed by atoms with Gasteiger partial charge in [-0.1, -0.05) is 19.0 Å². The van der Waals surface area contributed by atoms with Gasteiger partial charge in [0.05, 0.1) is 12.2 Å². The van der Waals surface area contributed by atoms with Gasteiger partial charge in [-0.25, -0.2) is 0 Å². The molecule has 6 heteroatoms. The number of nitrogens with two attached hydrogens (primary N) is 1. The molecule has 0 rings (SSSR count). The summed E-state index contributed by atoms with van der Waals surface area (Å²) in [6.45, 7) is 5.91. The average Bonchev–Trinajstić information content (AvgIpc) is 2.23. The Balaban J connectivity index is 3.91. The maximum Gasteiger partial charge on any atom is 0.144 e. The van der Waals surface area contributed by atoms with Crippen LogP contribution in [0.4, 0.5) is 0 Å². The second-order valence-electron chi connectivity index (χ2n) is 4.95. The standard InChI is InChI=1S/C10H23N3O3/c1-9(2,8(11)13-16)4-5-12-6-10(3,15)7-14/h12,14-16H,4-7H2,1-3H3,(H2,11,13). The van der Waals surface area contributed by atoms with E-state index in [9.17, 15) is 5.11 Å². The number of aliphatic hydroxyl groups excluding tert-OH is 1. The summed E-state index contributed by atoms with van der Waals surface area (Å²) >= 11 is 0. The van der Waals surface area contributed by atoms with Crippen molar-refractivity contribution in [2.24, 2.45) is 16.3 Å². The van der Waals surface area contributed by atoms with Crippen LogP contribution in [0.25, 0.3) is 0 Å². The molecule has 0 fully saturated rings. The fourth-order valence-electron chi connectivity index (χ4n) is 1.08. The highest BCUT2D eigenvalue weighted by atomic mass is 16.4. The van der Waals surface area contributed by atoms with Crippen LogP contribution in [0.5, 0.6) is 0 Å². The maximum atomic E-state index is 9.51. The molecule has 1 atom stereocenters. The molecule has 1 unspecified atom stereocenters. The number of rotatable bonds is 7. The van der Waals surface area contributed by atoms with Gasteiger partial charge in [0.2, 0.25) is 0 Å². The van der Waals surface area contributed by atoms with Crippen molar-refractivity contribution in [2.75, 3.05) is 19.7 Å². The van der Waals surface area contributed by atoms with Gasteiger partial charge in [-0.15, -0.1) is 0 Å². The third-order valence-corrected chi connectivity index (χ3v) is 2.57. The summed E-state index contributed by atoms with van der Waals surface area (Å²) in [6, 6.07) is 0. The molecule has 6 nitrogen and oxygen atoms in total. The van der Waals surface area contributed by atoms with Crippen molar-refractivity contribution in [3.05, 3.63) is 0 Å². The molecule has 0 heterocycles. The Labute approximate surface area is 96.1 Å². The maximum absolute atomic E-state index is 9.51. The Hall–Kier alpha value is -0.850. The van der Waals surface area contributed by atoms with Crippen LogP contribution in [-0.2, 0) is 0 Å². The predicted octanol–water partition coefficient (Wildman–Crippen LogP) is -0.518. The molecule has 0 aliphatic rings. The first kappa shape index (κ1) is 15.2. The van der Waals surface area contributed by atoms with Gasteiger partial charge in [0.1, 0.15) is 5.84 Å². The van der Waals surface area contributed by atoms with Crippen molar-refractivity contribution in [3.63, 3.8) is 0 Å². The van der Waals surface area contributed by atoms with E-state index < -0.39 is 11.0 Å². The summed E-state index contributed by atoms with van der Waals surface area (Å²) in [4.78, 5) is 0. The largest absolute Gasteiger partial charge is 0.409 e. The van der Waals surface area contributed by atoms with E-state index in [0.29, 0.717) is 19.5 Å². The van der Waals surface area contributed by atoms with Crippen LogP contribution in [0.2, 0.25) is 0 Å². The van der Waals surface area contributed by atoms with Gasteiger partial charge in [0, 0.05) is 12.0 Å². The zero-order valence-electron chi connectivity index (χ0n) is 10.2. The molecule has 0 aromatic rings. The highest BCUT2D eigenvalue weighted by molar-refractivity contribution is 5.85. The molecule has 0 aromatic carbocycles. The quantitative estimate of drug-likeness (QED) is 0.134. The molecule has 0 spiro atoms. The van der Waals surface area contributed by atoms with Gasteiger partial charge < -0.3 is 26.5 Å². The zero-order valence-corrected chi connectivity index (χ0v) is 10.2. The van der Waals surface area contributed by atoms with Crippen LogP contribution in [0.1, 0.15) is 27.2 Å². The topological polar surface area (TPSA) is 111 Å². The van der Waals surface area contributed by atoms with E-state index in [4.69, 9.17) is 16.0 Å². The minimum Gasteiger partial charge on any atom is -0.409 e. The van der Waals surface area contributed by atoms with Crippen LogP contribution in [0, 0.1) is 5.41 Å². The molecule has 0 radical (unpaired) electrons. The first-order chi connectivity index (χ1) is 7.25. The Kier molecular flexibility index (Phi) is 5.71. The zero-order chi connectivity index (χ0) is 12.8. The van der Waals surface area contributed by atoms with Gasteiger partial charge in [0.15, 0.2) is 0 Å². The summed E-state index contributed by atoms with van der Waals surface area (Å²) in [6.07, 6.45) is 0.671. The van der Waals surface area contributed by atoms with Crippen LogP contribution in [0.15, 0.2) is 5.16 Å². The monoisotopic (exact) mass is 233 g/mol. The number of amidine groups is 1. The van der Waals surface area contributed by atoms with E-state index in [1.165, 1.54) is 0 Å². The molecule has 0 bridgehead atoms.